The van der Waals surface area contributed by atoms with E-state index in [0.29, 0.717) is 12.2 Å². The zero-order chi connectivity index (χ0) is 14.3. The minimum atomic E-state index is -0.236. The number of ketones is 1. The number of esters is 1. The topological polar surface area (TPSA) is 43.4 Å². The van der Waals surface area contributed by atoms with Crippen molar-refractivity contribution in [1.82, 2.24) is 0 Å². The molecule has 0 aliphatic heterocycles. The number of carbonyl (C=O) groups is 2. The summed E-state index contributed by atoms with van der Waals surface area (Å²) in [5.74, 6) is -0.141. The average Bonchev–Trinajstić information content (AvgIpc) is 2.39. The smallest absolute Gasteiger partial charge is 0.319 e. The van der Waals surface area contributed by atoms with E-state index in [2.05, 4.69) is 6.92 Å². The van der Waals surface area contributed by atoms with Gasteiger partial charge in [-0.1, -0.05) is 25.5 Å². The summed E-state index contributed by atoms with van der Waals surface area (Å²) in [5.41, 5.74) is 0.683. The van der Waals surface area contributed by atoms with E-state index in [-0.39, 0.29) is 17.0 Å². The van der Waals surface area contributed by atoms with Crippen molar-refractivity contribution in [2.75, 3.05) is 6.61 Å². The van der Waals surface area contributed by atoms with Crippen molar-refractivity contribution < 1.29 is 14.3 Å². The summed E-state index contributed by atoms with van der Waals surface area (Å²) >= 11 is 1.44. The normalized spacial score (nSPS) is 11.9. The SMILES string of the molecule is CCCCOC(=O)C(C)Sc1ccc(C(C)=O)cc1. The molecule has 0 saturated carbocycles. The zero-order valence-corrected chi connectivity index (χ0v) is 12.5. The van der Waals surface area contributed by atoms with Crippen LogP contribution in [0, 0.1) is 0 Å². The molecule has 0 heterocycles. The van der Waals surface area contributed by atoms with Gasteiger partial charge in [0.2, 0.25) is 0 Å². The molecule has 1 aromatic carbocycles. The predicted molar refractivity (Wildman–Crippen MR) is 77.6 cm³/mol. The van der Waals surface area contributed by atoms with Gasteiger partial charge < -0.3 is 4.74 Å². The molecule has 0 saturated heterocycles. The van der Waals surface area contributed by atoms with Gasteiger partial charge in [-0.25, -0.2) is 0 Å². The van der Waals surface area contributed by atoms with Crippen LogP contribution < -0.4 is 0 Å². The maximum Gasteiger partial charge on any atom is 0.319 e. The number of rotatable bonds is 7. The third-order valence-corrected chi connectivity index (χ3v) is 3.74. The van der Waals surface area contributed by atoms with Gasteiger partial charge in [0.05, 0.1) is 6.61 Å². The van der Waals surface area contributed by atoms with E-state index >= 15 is 0 Å². The van der Waals surface area contributed by atoms with Crippen LogP contribution in [0.3, 0.4) is 0 Å². The molecule has 1 rings (SSSR count). The fourth-order valence-corrected chi connectivity index (χ4v) is 2.32. The van der Waals surface area contributed by atoms with E-state index in [0.717, 1.165) is 17.7 Å². The highest BCUT2D eigenvalue weighted by Crippen LogP contribution is 2.24. The van der Waals surface area contributed by atoms with Crippen LogP contribution in [0.25, 0.3) is 0 Å². The second kappa shape index (κ2) is 8.00. The molecule has 0 aliphatic carbocycles. The molecular formula is C15H20O3S. The lowest BCUT2D eigenvalue weighted by molar-refractivity contribution is -0.142. The Morgan fingerprint density at radius 1 is 1.26 bits per heavy atom. The standard InChI is InChI=1S/C15H20O3S/c1-4-5-10-18-15(17)12(3)19-14-8-6-13(7-9-14)11(2)16/h6-9,12H,4-5,10H2,1-3H3. The molecular weight excluding hydrogens is 260 g/mol. The first-order valence-corrected chi connectivity index (χ1v) is 7.37. The number of ether oxygens (including phenoxy) is 1. The number of benzene rings is 1. The molecule has 1 aromatic rings. The lowest BCUT2D eigenvalue weighted by Crippen LogP contribution is -2.17. The van der Waals surface area contributed by atoms with Crippen molar-refractivity contribution in [1.29, 1.82) is 0 Å². The lowest BCUT2D eigenvalue weighted by Gasteiger charge is -2.11. The molecule has 0 radical (unpaired) electrons. The van der Waals surface area contributed by atoms with Crippen LogP contribution in [0.4, 0.5) is 0 Å². The predicted octanol–water partition coefficient (Wildman–Crippen LogP) is 3.71. The molecule has 1 atom stereocenters. The Balaban J connectivity index is 2.49. The van der Waals surface area contributed by atoms with Crippen LogP contribution in [-0.4, -0.2) is 23.6 Å². The molecule has 4 heteroatoms. The molecule has 104 valence electrons. The quantitative estimate of drug-likeness (QED) is 0.330. The monoisotopic (exact) mass is 280 g/mol. The Morgan fingerprint density at radius 3 is 2.42 bits per heavy atom. The van der Waals surface area contributed by atoms with Gasteiger partial charge >= 0.3 is 5.97 Å². The number of hydrogen-bond donors (Lipinski definition) is 0. The second-order valence-electron chi connectivity index (χ2n) is 4.36. The highest BCUT2D eigenvalue weighted by Gasteiger charge is 2.15. The van der Waals surface area contributed by atoms with Crippen LogP contribution >= 0.6 is 11.8 Å². The van der Waals surface area contributed by atoms with Crippen molar-refractivity contribution in [2.24, 2.45) is 0 Å². The van der Waals surface area contributed by atoms with Gasteiger partial charge in [0.25, 0.3) is 0 Å². The molecule has 0 spiro atoms. The van der Waals surface area contributed by atoms with E-state index in [1.54, 1.807) is 12.1 Å². The molecule has 0 N–H and O–H groups in total. The first-order valence-electron chi connectivity index (χ1n) is 6.49. The zero-order valence-electron chi connectivity index (χ0n) is 11.6. The van der Waals surface area contributed by atoms with Gasteiger partial charge in [-0.05, 0) is 32.4 Å². The maximum atomic E-state index is 11.7. The first-order chi connectivity index (χ1) is 9.04. The summed E-state index contributed by atoms with van der Waals surface area (Å²) in [6.45, 7) is 5.92. The highest BCUT2D eigenvalue weighted by atomic mass is 32.2. The molecule has 3 nitrogen and oxygen atoms in total. The molecule has 0 bridgehead atoms. The molecule has 0 aliphatic rings. The van der Waals surface area contributed by atoms with Gasteiger partial charge in [0.15, 0.2) is 5.78 Å². The number of hydrogen-bond acceptors (Lipinski definition) is 4. The van der Waals surface area contributed by atoms with Crippen molar-refractivity contribution in [2.45, 2.75) is 43.8 Å². The molecule has 0 aromatic heterocycles. The maximum absolute atomic E-state index is 11.7. The Hall–Kier alpha value is -1.29. The van der Waals surface area contributed by atoms with Gasteiger partial charge in [-0.15, -0.1) is 11.8 Å². The Kier molecular flexibility index (Phi) is 6.64. The lowest BCUT2D eigenvalue weighted by atomic mass is 10.2. The van der Waals surface area contributed by atoms with Gasteiger partial charge in [0, 0.05) is 10.5 Å². The van der Waals surface area contributed by atoms with Gasteiger partial charge in [0.1, 0.15) is 5.25 Å². The van der Waals surface area contributed by atoms with Crippen molar-refractivity contribution in [3.05, 3.63) is 29.8 Å². The fraction of sp³-hybridized carbons (Fsp3) is 0.467. The summed E-state index contributed by atoms with van der Waals surface area (Å²) in [5, 5.41) is -0.236. The summed E-state index contributed by atoms with van der Waals surface area (Å²) in [6.07, 6.45) is 1.91. The van der Waals surface area contributed by atoms with Crippen LogP contribution in [0.1, 0.15) is 44.0 Å². The van der Waals surface area contributed by atoms with Crippen molar-refractivity contribution >= 4 is 23.5 Å². The molecule has 19 heavy (non-hydrogen) atoms. The van der Waals surface area contributed by atoms with E-state index in [4.69, 9.17) is 4.74 Å². The first kappa shape index (κ1) is 15.8. The summed E-state index contributed by atoms with van der Waals surface area (Å²) in [4.78, 5) is 23.8. The van der Waals surface area contributed by atoms with Crippen LogP contribution in [0.2, 0.25) is 0 Å². The Labute approximate surface area is 118 Å². The minimum absolute atomic E-state index is 0.0450. The van der Waals surface area contributed by atoms with Crippen LogP contribution in [0.5, 0.6) is 0 Å². The molecule has 0 amide bonds. The largest absolute Gasteiger partial charge is 0.465 e. The average molecular weight is 280 g/mol. The minimum Gasteiger partial charge on any atom is -0.465 e. The summed E-state index contributed by atoms with van der Waals surface area (Å²) in [7, 11) is 0. The van der Waals surface area contributed by atoms with Gasteiger partial charge in [-0.3, -0.25) is 9.59 Å². The summed E-state index contributed by atoms with van der Waals surface area (Å²) < 4.78 is 5.16. The fourth-order valence-electron chi connectivity index (χ4n) is 1.45. The number of carbonyl (C=O) groups excluding carboxylic acids is 2. The van der Waals surface area contributed by atoms with Crippen molar-refractivity contribution in [3.63, 3.8) is 0 Å². The van der Waals surface area contributed by atoms with E-state index in [1.165, 1.54) is 18.7 Å². The van der Waals surface area contributed by atoms with E-state index in [9.17, 15) is 9.59 Å². The van der Waals surface area contributed by atoms with E-state index < -0.39 is 0 Å². The summed E-state index contributed by atoms with van der Waals surface area (Å²) in [6, 6.07) is 7.27. The Bertz CT molecular complexity index is 426. The van der Waals surface area contributed by atoms with Crippen LogP contribution in [0.15, 0.2) is 29.2 Å². The highest BCUT2D eigenvalue weighted by molar-refractivity contribution is 8.00. The van der Waals surface area contributed by atoms with Crippen molar-refractivity contribution in [3.8, 4) is 0 Å². The number of thioether (sulfide) groups is 1. The van der Waals surface area contributed by atoms with Gasteiger partial charge in [-0.2, -0.15) is 0 Å². The van der Waals surface area contributed by atoms with Crippen LogP contribution in [-0.2, 0) is 9.53 Å². The number of unbranched alkanes of at least 4 members (excludes halogenated alkanes) is 1. The third kappa shape index (κ3) is 5.47. The third-order valence-electron chi connectivity index (χ3n) is 2.65. The van der Waals surface area contributed by atoms with E-state index in [1.807, 2.05) is 19.1 Å². The number of Topliss-reactive ketones (excluding diaryl/α,β-unsaturated/α-hetero) is 1. The second-order valence-corrected chi connectivity index (χ2v) is 5.78. The molecule has 0 fully saturated rings. The Morgan fingerprint density at radius 2 is 1.89 bits per heavy atom. The molecule has 1 unspecified atom stereocenters.